The monoisotopic (exact) mass is 337 g/mol. The second kappa shape index (κ2) is 6.86. The van der Waals surface area contributed by atoms with Gasteiger partial charge < -0.3 is 10.1 Å². The molecule has 0 radical (unpaired) electrons. The summed E-state index contributed by atoms with van der Waals surface area (Å²) in [4.78, 5) is 0. The van der Waals surface area contributed by atoms with Gasteiger partial charge in [-0.2, -0.15) is 0 Å². The Morgan fingerprint density at radius 3 is 2.70 bits per heavy atom. The number of nitrogens with one attached hydrogen (secondary N) is 1. The maximum Gasteiger partial charge on any atom is 0.127 e. The Labute approximate surface area is 127 Å². The van der Waals surface area contributed by atoms with Crippen LogP contribution in [-0.4, -0.2) is 7.11 Å². The number of hydrogen-bond donors (Lipinski definition) is 1. The highest BCUT2D eigenvalue weighted by molar-refractivity contribution is 9.10. The van der Waals surface area contributed by atoms with Gasteiger partial charge in [0.2, 0.25) is 0 Å². The largest absolute Gasteiger partial charge is 0.497 e. The predicted molar refractivity (Wildman–Crippen MR) is 82.3 cm³/mol. The average Bonchev–Trinajstić information content (AvgIpc) is 2.46. The third-order valence-corrected chi connectivity index (χ3v) is 4.00. The Morgan fingerprint density at radius 1 is 1.25 bits per heavy atom. The fourth-order valence-corrected chi connectivity index (χ4v) is 2.40. The van der Waals surface area contributed by atoms with Crippen molar-refractivity contribution < 1.29 is 9.13 Å². The van der Waals surface area contributed by atoms with Gasteiger partial charge in [-0.1, -0.05) is 34.1 Å². The maximum atomic E-state index is 13.7. The normalized spacial score (nSPS) is 12.2. The van der Waals surface area contributed by atoms with Crippen LogP contribution in [0.1, 0.15) is 24.1 Å². The second-order valence-electron chi connectivity index (χ2n) is 4.58. The minimum absolute atomic E-state index is 0.0608. The molecule has 0 spiro atoms. The van der Waals surface area contributed by atoms with E-state index in [1.165, 1.54) is 6.07 Å². The lowest BCUT2D eigenvalue weighted by Gasteiger charge is -2.16. The lowest BCUT2D eigenvalue weighted by Crippen LogP contribution is -2.19. The number of ether oxygens (including phenoxy) is 1. The third-order valence-electron chi connectivity index (χ3n) is 3.22. The summed E-state index contributed by atoms with van der Waals surface area (Å²) in [5, 5.41) is 3.32. The second-order valence-corrected chi connectivity index (χ2v) is 5.44. The summed E-state index contributed by atoms with van der Waals surface area (Å²) in [6.07, 6.45) is 0. The summed E-state index contributed by atoms with van der Waals surface area (Å²) < 4.78 is 19.9. The molecule has 0 amide bonds. The van der Waals surface area contributed by atoms with Crippen LogP contribution in [0.15, 0.2) is 46.9 Å². The summed E-state index contributed by atoms with van der Waals surface area (Å²) in [6.45, 7) is 2.58. The van der Waals surface area contributed by atoms with E-state index >= 15 is 0 Å². The average molecular weight is 338 g/mol. The van der Waals surface area contributed by atoms with Crippen molar-refractivity contribution in [2.24, 2.45) is 0 Å². The maximum absolute atomic E-state index is 13.7. The van der Waals surface area contributed by atoms with Gasteiger partial charge >= 0.3 is 0 Å². The number of benzene rings is 2. The van der Waals surface area contributed by atoms with Crippen LogP contribution in [0.5, 0.6) is 5.75 Å². The van der Waals surface area contributed by atoms with Crippen molar-refractivity contribution in [3.05, 3.63) is 63.9 Å². The molecule has 0 fully saturated rings. The van der Waals surface area contributed by atoms with Gasteiger partial charge in [-0.3, -0.25) is 0 Å². The molecule has 0 aliphatic rings. The molecule has 0 saturated heterocycles. The number of hydrogen-bond acceptors (Lipinski definition) is 2. The third kappa shape index (κ3) is 3.58. The van der Waals surface area contributed by atoms with E-state index in [1.807, 2.05) is 31.2 Å². The van der Waals surface area contributed by atoms with Crippen molar-refractivity contribution in [2.45, 2.75) is 19.5 Å². The van der Waals surface area contributed by atoms with Crippen molar-refractivity contribution >= 4 is 15.9 Å². The van der Waals surface area contributed by atoms with Gasteiger partial charge in [0.05, 0.1) is 7.11 Å². The molecule has 1 N–H and O–H groups in total. The molecule has 0 aliphatic heterocycles. The quantitative estimate of drug-likeness (QED) is 0.870. The summed E-state index contributed by atoms with van der Waals surface area (Å²) in [5.74, 6) is 0.626. The molecule has 0 aromatic heterocycles. The van der Waals surface area contributed by atoms with Gasteiger partial charge in [0, 0.05) is 22.6 Å². The van der Waals surface area contributed by atoms with Crippen LogP contribution in [0.3, 0.4) is 0 Å². The molecular weight excluding hydrogens is 321 g/mol. The van der Waals surface area contributed by atoms with Crippen LogP contribution in [0, 0.1) is 5.82 Å². The van der Waals surface area contributed by atoms with E-state index in [0.29, 0.717) is 12.1 Å². The molecule has 1 atom stereocenters. The molecule has 2 aromatic carbocycles. The zero-order valence-electron chi connectivity index (χ0n) is 11.5. The molecule has 0 bridgehead atoms. The summed E-state index contributed by atoms with van der Waals surface area (Å²) in [7, 11) is 1.64. The van der Waals surface area contributed by atoms with E-state index in [4.69, 9.17) is 4.74 Å². The molecule has 0 aliphatic carbocycles. The van der Waals surface area contributed by atoms with E-state index < -0.39 is 0 Å². The highest BCUT2D eigenvalue weighted by Crippen LogP contribution is 2.23. The molecule has 0 heterocycles. The van der Waals surface area contributed by atoms with E-state index in [0.717, 1.165) is 15.8 Å². The molecule has 20 heavy (non-hydrogen) atoms. The van der Waals surface area contributed by atoms with E-state index in [-0.39, 0.29) is 11.9 Å². The van der Waals surface area contributed by atoms with Crippen LogP contribution in [0.4, 0.5) is 4.39 Å². The molecule has 0 unspecified atom stereocenters. The highest BCUT2D eigenvalue weighted by Gasteiger charge is 2.10. The number of methoxy groups -OCH3 is 1. The summed E-state index contributed by atoms with van der Waals surface area (Å²) in [5.41, 5.74) is 1.75. The number of rotatable bonds is 5. The van der Waals surface area contributed by atoms with Gasteiger partial charge in [0.25, 0.3) is 0 Å². The Kier molecular flexibility index (Phi) is 5.15. The van der Waals surface area contributed by atoms with Gasteiger partial charge in [0.1, 0.15) is 11.6 Å². The van der Waals surface area contributed by atoms with Crippen molar-refractivity contribution in [2.75, 3.05) is 7.11 Å². The zero-order chi connectivity index (χ0) is 14.5. The van der Waals surface area contributed by atoms with Crippen LogP contribution >= 0.6 is 15.9 Å². The number of halogens is 2. The molecule has 106 valence electrons. The molecule has 0 saturated carbocycles. The van der Waals surface area contributed by atoms with Crippen LogP contribution < -0.4 is 10.1 Å². The molecule has 2 nitrogen and oxygen atoms in total. The Bertz CT molecular complexity index is 588. The van der Waals surface area contributed by atoms with E-state index in [1.54, 1.807) is 19.2 Å². The first kappa shape index (κ1) is 15.0. The van der Waals surface area contributed by atoms with Gasteiger partial charge in [0.15, 0.2) is 0 Å². The van der Waals surface area contributed by atoms with Crippen LogP contribution in [-0.2, 0) is 6.54 Å². The Balaban J connectivity index is 2.07. The predicted octanol–water partition coefficient (Wildman–Crippen LogP) is 4.45. The first-order chi connectivity index (χ1) is 9.61. The van der Waals surface area contributed by atoms with Crippen LogP contribution in [0.25, 0.3) is 0 Å². The SMILES string of the molecule is COc1ccc(Br)c(CN[C@H](C)c2ccccc2F)c1. The molecule has 2 aromatic rings. The lowest BCUT2D eigenvalue weighted by atomic mass is 10.1. The molecular formula is C16H17BrFNO. The van der Waals surface area contributed by atoms with Crippen LogP contribution in [0.2, 0.25) is 0 Å². The van der Waals surface area contributed by atoms with Crippen molar-refractivity contribution in [1.29, 1.82) is 0 Å². The highest BCUT2D eigenvalue weighted by atomic mass is 79.9. The fourth-order valence-electron chi connectivity index (χ4n) is 2.01. The molecule has 4 heteroatoms. The van der Waals surface area contributed by atoms with E-state index in [9.17, 15) is 4.39 Å². The van der Waals surface area contributed by atoms with Crippen molar-refractivity contribution in [1.82, 2.24) is 5.32 Å². The van der Waals surface area contributed by atoms with Gasteiger partial charge in [-0.25, -0.2) is 4.39 Å². The zero-order valence-corrected chi connectivity index (χ0v) is 13.1. The van der Waals surface area contributed by atoms with Crippen molar-refractivity contribution in [3.63, 3.8) is 0 Å². The van der Waals surface area contributed by atoms with Gasteiger partial charge in [-0.05, 0) is 36.8 Å². The first-order valence-electron chi connectivity index (χ1n) is 6.42. The molecule has 2 rings (SSSR count). The summed E-state index contributed by atoms with van der Waals surface area (Å²) >= 11 is 3.51. The van der Waals surface area contributed by atoms with Crippen molar-refractivity contribution in [3.8, 4) is 5.75 Å². The van der Waals surface area contributed by atoms with Gasteiger partial charge in [-0.15, -0.1) is 0 Å². The first-order valence-corrected chi connectivity index (χ1v) is 7.21. The Morgan fingerprint density at radius 2 is 2.00 bits per heavy atom. The lowest BCUT2D eigenvalue weighted by molar-refractivity contribution is 0.413. The topological polar surface area (TPSA) is 21.3 Å². The fraction of sp³-hybridized carbons (Fsp3) is 0.250. The minimum atomic E-state index is -0.183. The Hall–Kier alpha value is -1.39. The smallest absolute Gasteiger partial charge is 0.127 e. The minimum Gasteiger partial charge on any atom is -0.497 e. The standard InChI is InChI=1S/C16H17BrFNO/c1-11(14-5-3-4-6-16(14)18)19-10-12-9-13(20-2)7-8-15(12)17/h3-9,11,19H,10H2,1-2H3/t11-/m1/s1. The van der Waals surface area contributed by atoms with E-state index in [2.05, 4.69) is 21.2 Å². The summed E-state index contributed by atoms with van der Waals surface area (Å²) in [6, 6.07) is 12.6.